The van der Waals surface area contributed by atoms with E-state index in [0.29, 0.717) is 33.8 Å². The number of thioether (sulfide) groups is 1. The van der Waals surface area contributed by atoms with Crippen LogP contribution in [0.15, 0.2) is 48.5 Å². The minimum atomic E-state index is -1.37. The average molecular weight is 1050 g/mol. The van der Waals surface area contributed by atoms with Gasteiger partial charge in [-0.05, 0) is 124 Å². The summed E-state index contributed by atoms with van der Waals surface area (Å²) in [4.78, 5) is 30.3. The minimum absolute atomic E-state index is 0.0781. The Morgan fingerprint density at radius 2 is 0.467 bits per heavy atom. The van der Waals surface area contributed by atoms with Gasteiger partial charge in [0.2, 0.25) is 0 Å². The first-order valence-corrected chi connectivity index (χ1v) is 28.1. The minimum Gasteiger partial charge on any atom is -0.507 e. The Labute approximate surface area is 458 Å². The number of benzene rings is 4. The van der Waals surface area contributed by atoms with Crippen LogP contribution in [-0.2, 0) is 73.2 Å². The number of carbonyl (C=O) groups is 2. The van der Waals surface area contributed by atoms with E-state index >= 15 is 9.59 Å². The number of phenolic OH excluding ortho intramolecular Hbond substituents is 4. The molecule has 0 unspecified atom stereocenters. The molecule has 0 aromatic heterocycles. The number of carbonyl (C=O) groups excluding carboxylic acids is 2. The van der Waals surface area contributed by atoms with E-state index in [0.717, 1.165) is 44.5 Å². The number of esters is 2. The Morgan fingerprint density at radius 1 is 0.320 bits per heavy atom. The summed E-state index contributed by atoms with van der Waals surface area (Å²) in [6.45, 7) is 53.2. The molecule has 0 bridgehead atoms. The van der Waals surface area contributed by atoms with Crippen LogP contribution in [0, 0.1) is 0 Å². The van der Waals surface area contributed by atoms with Crippen LogP contribution in [0.3, 0.4) is 0 Å². The first-order chi connectivity index (χ1) is 33.5. The molecule has 0 radical (unpaired) electrons. The summed E-state index contributed by atoms with van der Waals surface area (Å²) < 4.78 is 12.6. The third kappa shape index (κ3) is 13.4. The SMILES string of the molecule is CC(C)(C)c1cc(C(C)(C(=O)OCCSCCOC(=O)C(C)(c2cc(C(C)(C)C)c(O)c(C(C)(C)C)c2)c2cc(C(C)(C)C)c(O)c(C(C)(C)C)c2)c2cc(C(C)(C)C)c(O)c(C(C)(C)C)c2)cc(C(C)(C)C)c1O. The largest absolute Gasteiger partial charge is 0.507 e. The zero-order valence-electron chi connectivity index (χ0n) is 51.3. The Kier molecular flexibility index (Phi) is 17.6. The smallest absolute Gasteiger partial charge is 0.320 e. The van der Waals surface area contributed by atoms with Crippen LogP contribution in [0.2, 0.25) is 0 Å². The fourth-order valence-electron chi connectivity index (χ4n) is 9.85. The second-order valence-electron chi connectivity index (χ2n) is 29.8. The lowest BCUT2D eigenvalue weighted by Crippen LogP contribution is -2.38. The van der Waals surface area contributed by atoms with Gasteiger partial charge in [0.15, 0.2) is 0 Å². The van der Waals surface area contributed by atoms with Gasteiger partial charge in [0.1, 0.15) is 47.0 Å². The number of hydrogen-bond donors (Lipinski definition) is 4. The van der Waals surface area contributed by atoms with E-state index in [2.05, 4.69) is 166 Å². The maximum atomic E-state index is 15.2. The molecule has 0 fully saturated rings. The highest BCUT2D eigenvalue weighted by Crippen LogP contribution is 2.50. The molecular weight excluding hydrogens is 953 g/mol. The molecule has 416 valence electrons. The molecule has 0 aliphatic carbocycles. The first-order valence-electron chi connectivity index (χ1n) is 27.0. The fraction of sp³-hybridized carbons (Fsp3) is 0.606. The van der Waals surface area contributed by atoms with Crippen LogP contribution in [0.25, 0.3) is 0 Å². The normalized spacial score (nSPS) is 13.8. The zero-order chi connectivity index (χ0) is 58.0. The van der Waals surface area contributed by atoms with E-state index in [4.69, 9.17) is 9.47 Å². The quantitative estimate of drug-likeness (QED) is 0.0808. The molecule has 0 spiro atoms. The molecule has 0 atom stereocenters. The molecular formula is C66H98O8S. The van der Waals surface area contributed by atoms with Gasteiger partial charge in [0.05, 0.1) is 0 Å². The van der Waals surface area contributed by atoms with Gasteiger partial charge in [-0.15, -0.1) is 0 Å². The van der Waals surface area contributed by atoms with E-state index in [1.807, 2.05) is 62.4 Å². The van der Waals surface area contributed by atoms with Gasteiger partial charge in [-0.3, -0.25) is 9.59 Å². The topological polar surface area (TPSA) is 134 Å². The van der Waals surface area contributed by atoms with Crippen LogP contribution in [0.5, 0.6) is 23.0 Å². The highest BCUT2D eigenvalue weighted by molar-refractivity contribution is 7.99. The summed E-state index contributed by atoms with van der Waals surface area (Å²) in [6, 6.07) is 15.6. The number of rotatable bonds is 12. The van der Waals surface area contributed by atoms with Crippen molar-refractivity contribution in [3.63, 3.8) is 0 Å². The highest BCUT2D eigenvalue weighted by Gasteiger charge is 2.45. The monoisotopic (exact) mass is 1050 g/mol. The molecule has 0 amide bonds. The number of phenols is 4. The van der Waals surface area contributed by atoms with E-state index in [1.54, 1.807) is 0 Å². The zero-order valence-corrected chi connectivity index (χ0v) is 52.1. The lowest BCUT2D eigenvalue weighted by Gasteiger charge is -2.36. The van der Waals surface area contributed by atoms with Crippen molar-refractivity contribution in [1.82, 2.24) is 0 Å². The molecule has 4 aromatic rings. The van der Waals surface area contributed by atoms with Crippen LogP contribution in [0.4, 0.5) is 0 Å². The van der Waals surface area contributed by atoms with Crippen LogP contribution in [-0.4, -0.2) is 57.1 Å². The molecule has 0 saturated carbocycles. The predicted molar refractivity (Wildman–Crippen MR) is 314 cm³/mol. The van der Waals surface area contributed by atoms with E-state index in [1.165, 1.54) is 11.8 Å². The van der Waals surface area contributed by atoms with Crippen molar-refractivity contribution in [2.24, 2.45) is 0 Å². The van der Waals surface area contributed by atoms with Crippen molar-refractivity contribution in [3.8, 4) is 23.0 Å². The van der Waals surface area contributed by atoms with E-state index < -0.39 is 66.1 Å². The average Bonchev–Trinajstić information content (AvgIpc) is 3.22. The lowest BCUT2D eigenvalue weighted by molar-refractivity contribution is -0.148. The number of hydrogen-bond acceptors (Lipinski definition) is 9. The molecule has 0 aliphatic heterocycles. The van der Waals surface area contributed by atoms with Crippen LogP contribution < -0.4 is 0 Å². The van der Waals surface area contributed by atoms with Crippen molar-refractivity contribution in [1.29, 1.82) is 0 Å². The molecule has 0 aliphatic rings. The van der Waals surface area contributed by atoms with Crippen molar-refractivity contribution in [3.05, 3.63) is 115 Å². The van der Waals surface area contributed by atoms with Gasteiger partial charge < -0.3 is 29.9 Å². The van der Waals surface area contributed by atoms with E-state index in [9.17, 15) is 20.4 Å². The van der Waals surface area contributed by atoms with Crippen LogP contribution >= 0.6 is 11.8 Å². The van der Waals surface area contributed by atoms with Crippen molar-refractivity contribution in [2.45, 2.75) is 234 Å². The number of ether oxygens (including phenoxy) is 2. The standard InChI is InChI=1S/C66H98O8S/c1-57(2,3)43-31-39(32-44(51(43)67)58(4,5)6)65(25,40-33-45(59(7,8)9)52(68)46(34-40)60(10,11)12)55(71)73-27-29-75-30-28-74-56(72)66(26,41-35-47(61(13,14)15)53(69)48(36-41)62(16,17)18)42-37-49(63(19,20)21)54(70)50(38-42)64(22,23)24/h31-38,67-70H,27-30H2,1-26H3. The molecule has 4 N–H and O–H groups in total. The lowest BCUT2D eigenvalue weighted by atomic mass is 9.68. The molecule has 0 heterocycles. The second-order valence-corrected chi connectivity index (χ2v) is 31.0. The van der Waals surface area contributed by atoms with Crippen molar-refractivity contribution < 1.29 is 39.5 Å². The third-order valence-electron chi connectivity index (χ3n) is 15.0. The van der Waals surface area contributed by atoms with Crippen molar-refractivity contribution >= 4 is 23.7 Å². The van der Waals surface area contributed by atoms with Gasteiger partial charge >= 0.3 is 11.9 Å². The summed E-state index contributed by atoms with van der Waals surface area (Å²) in [7, 11) is 0. The summed E-state index contributed by atoms with van der Waals surface area (Å²) in [5.74, 6) is 0.770. The maximum absolute atomic E-state index is 15.2. The maximum Gasteiger partial charge on any atom is 0.320 e. The van der Waals surface area contributed by atoms with Gasteiger partial charge in [-0.1, -0.05) is 215 Å². The Hall–Kier alpha value is -4.63. The molecule has 75 heavy (non-hydrogen) atoms. The molecule has 9 heteroatoms. The summed E-state index contributed by atoms with van der Waals surface area (Å²) in [5.41, 5.74) is 2.07. The fourth-order valence-corrected chi connectivity index (χ4v) is 10.5. The van der Waals surface area contributed by atoms with Gasteiger partial charge in [0, 0.05) is 11.5 Å². The number of aromatic hydroxyl groups is 4. The Morgan fingerprint density at radius 3 is 0.600 bits per heavy atom. The van der Waals surface area contributed by atoms with Crippen LogP contribution in [0.1, 0.15) is 247 Å². The summed E-state index contributed by atoms with van der Waals surface area (Å²) in [5, 5.41) is 47.3. The molecule has 4 aromatic carbocycles. The first kappa shape index (κ1) is 62.9. The predicted octanol–water partition coefficient (Wildman–Crippen LogP) is 16.0. The Balaban J connectivity index is 1.77. The Bertz CT molecular complexity index is 2260. The van der Waals surface area contributed by atoms with Gasteiger partial charge in [-0.25, -0.2) is 0 Å². The third-order valence-corrected chi connectivity index (χ3v) is 15.9. The molecule has 4 rings (SSSR count). The summed E-state index contributed by atoms with van der Waals surface area (Å²) >= 11 is 1.51. The summed E-state index contributed by atoms with van der Waals surface area (Å²) in [6.07, 6.45) is 0. The molecule has 8 nitrogen and oxygen atoms in total. The molecule has 0 saturated heterocycles. The van der Waals surface area contributed by atoms with E-state index in [-0.39, 0.29) is 36.2 Å². The highest BCUT2D eigenvalue weighted by atomic mass is 32.2. The second kappa shape index (κ2) is 21.0. The van der Waals surface area contributed by atoms with Crippen molar-refractivity contribution in [2.75, 3.05) is 24.7 Å². The van der Waals surface area contributed by atoms with Gasteiger partial charge in [-0.2, -0.15) is 11.8 Å². The van der Waals surface area contributed by atoms with Gasteiger partial charge in [0.25, 0.3) is 0 Å².